The second-order valence-electron chi connectivity index (χ2n) is 10.9. The van der Waals surface area contributed by atoms with Crippen LogP contribution in [0.4, 0.5) is 0 Å². The summed E-state index contributed by atoms with van der Waals surface area (Å²) in [5.74, 6) is 0.884. The molecule has 0 unspecified atom stereocenters. The Hall–Kier alpha value is -3.37. The van der Waals surface area contributed by atoms with E-state index in [9.17, 15) is 9.59 Å². The van der Waals surface area contributed by atoms with Gasteiger partial charge in [0.1, 0.15) is 6.61 Å². The number of aromatic nitrogens is 1. The second-order valence-corrected chi connectivity index (χ2v) is 13.6. The number of rotatable bonds is 10. The van der Waals surface area contributed by atoms with Crippen LogP contribution in [0.25, 0.3) is 6.08 Å². The lowest BCUT2D eigenvalue weighted by Crippen LogP contribution is -2.39. The van der Waals surface area contributed by atoms with Gasteiger partial charge in [0.05, 0.1) is 49.6 Å². The highest BCUT2D eigenvalue weighted by molar-refractivity contribution is 9.10. The van der Waals surface area contributed by atoms with Crippen LogP contribution in [0.15, 0.2) is 80.1 Å². The number of ether oxygens (including phenoxy) is 3. The summed E-state index contributed by atoms with van der Waals surface area (Å²) in [6.45, 7) is 10.5. The topological polar surface area (TPSA) is 79.1 Å². The molecule has 0 bridgehead atoms. The fourth-order valence-corrected chi connectivity index (χ4v) is 7.12. The number of halogens is 3. The van der Waals surface area contributed by atoms with Crippen molar-refractivity contribution in [3.05, 3.63) is 122 Å². The number of esters is 1. The minimum atomic E-state index is -0.679. The Morgan fingerprint density at radius 2 is 1.78 bits per heavy atom. The van der Waals surface area contributed by atoms with E-state index in [-0.39, 0.29) is 18.8 Å². The lowest BCUT2D eigenvalue weighted by molar-refractivity contribution is -0.139. The number of thiazole rings is 1. The number of allylic oxidation sites excluding steroid dienone is 1. The first kappa shape index (κ1) is 34.0. The fraction of sp³-hybridized carbons (Fsp3) is 0.286. The van der Waals surface area contributed by atoms with Crippen molar-refractivity contribution in [2.75, 3.05) is 13.2 Å². The van der Waals surface area contributed by atoms with Gasteiger partial charge in [-0.15, -0.1) is 0 Å². The van der Waals surface area contributed by atoms with Crippen LogP contribution in [0.5, 0.6) is 11.5 Å². The van der Waals surface area contributed by atoms with Crippen LogP contribution in [-0.4, -0.2) is 23.8 Å². The quantitative estimate of drug-likeness (QED) is 0.154. The molecule has 0 amide bonds. The van der Waals surface area contributed by atoms with Gasteiger partial charge in [-0.3, -0.25) is 9.36 Å². The summed E-state index contributed by atoms with van der Waals surface area (Å²) in [5, 5.41) is 0.918. The summed E-state index contributed by atoms with van der Waals surface area (Å²) < 4.78 is 20.2. The molecule has 0 N–H and O–H groups in total. The van der Waals surface area contributed by atoms with Crippen molar-refractivity contribution in [2.45, 2.75) is 53.2 Å². The summed E-state index contributed by atoms with van der Waals surface area (Å²) in [5.41, 5.74) is 4.15. The molecule has 2 heterocycles. The van der Waals surface area contributed by atoms with Gasteiger partial charge in [-0.1, -0.05) is 78.7 Å². The maximum Gasteiger partial charge on any atom is 0.338 e. The number of hydrogen-bond acceptors (Lipinski definition) is 7. The molecule has 0 saturated carbocycles. The van der Waals surface area contributed by atoms with Crippen LogP contribution < -0.4 is 24.4 Å². The highest BCUT2D eigenvalue weighted by Gasteiger charge is 2.33. The van der Waals surface area contributed by atoms with Gasteiger partial charge in [-0.05, 0) is 95.2 Å². The summed E-state index contributed by atoms with van der Waals surface area (Å²) >= 11 is 17.1. The number of nitrogens with zero attached hydrogens (tertiary/aromatic N) is 2. The molecule has 11 heteroatoms. The van der Waals surface area contributed by atoms with Crippen LogP contribution in [-0.2, 0) is 16.1 Å². The molecule has 0 spiro atoms. The van der Waals surface area contributed by atoms with Gasteiger partial charge in [0.15, 0.2) is 16.3 Å². The zero-order valence-corrected chi connectivity index (χ0v) is 29.9. The van der Waals surface area contributed by atoms with E-state index in [1.165, 1.54) is 11.3 Å². The van der Waals surface area contributed by atoms with Crippen molar-refractivity contribution in [2.24, 2.45) is 4.99 Å². The molecule has 4 aromatic rings. The molecular formula is C35H33BrCl2N2O5S. The Morgan fingerprint density at radius 1 is 1.04 bits per heavy atom. The first-order valence-electron chi connectivity index (χ1n) is 14.8. The predicted molar refractivity (Wildman–Crippen MR) is 187 cm³/mol. The van der Waals surface area contributed by atoms with E-state index >= 15 is 0 Å². The average molecular weight is 745 g/mol. The lowest BCUT2D eigenvalue weighted by Gasteiger charge is -2.25. The number of carbonyl (C=O) groups is 1. The van der Waals surface area contributed by atoms with Gasteiger partial charge in [-0.25, -0.2) is 9.79 Å². The molecule has 240 valence electrons. The molecule has 1 aliphatic heterocycles. The summed E-state index contributed by atoms with van der Waals surface area (Å²) in [7, 11) is 0. The summed E-state index contributed by atoms with van der Waals surface area (Å²) in [6.07, 6.45) is 1.79. The Bertz CT molecular complexity index is 2000. The van der Waals surface area contributed by atoms with Gasteiger partial charge >= 0.3 is 5.97 Å². The monoisotopic (exact) mass is 742 g/mol. The Labute approximate surface area is 289 Å². The van der Waals surface area contributed by atoms with Crippen LogP contribution in [0.1, 0.15) is 68.8 Å². The van der Waals surface area contributed by atoms with Crippen molar-refractivity contribution in [3.8, 4) is 11.5 Å². The fourth-order valence-electron chi connectivity index (χ4n) is 5.18. The van der Waals surface area contributed by atoms with Crippen LogP contribution >= 0.6 is 50.5 Å². The minimum absolute atomic E-state index is 0.212. The first-order valence-corrected chi connectivity index (χ1v) is 17.2. The first-order chi connectivity index (χ1) is 22.0. The van der Waals surface area contributed by atoms with Crippen LogP contribution in [0.3, 0.4) is 0 Å². The Morgan fingerprint density at radius 3 is 2.43 bits per heavy atom. The van der Waals surface area contributed by atoms with Crippen molar-refractivity contribution in [1.82, 2.24) is 4.57 Å². The molecule has 3 aromatic carbocycles. The number of hydrogen-bond donors (Lipinski definition) is 0. The van der Waals surface area contributed by atoms with E-state index in [4.69, 9.17) is 37.4 Å². The molecule has 46 heavy (non-hydrogen) atoms. The van der Waals surface area contributed by atoms with Crippen LogP contribution in [0.2, 0.25) is 10.0 Å². The summed E-state index contributed by atoms with van der Waals surface area (Å²) in [4.78, 5) is 32.5. The van der Waals surface area contributed by atoms with E-state index in [1.807, 2.05) is 49.4 Å². The van der Waals surface area contributed by atoms with Crippen molar-refractivity contribution >= 4 is 62.5 Å². The number of carbonyl (C=O) groups excluding carboxylic acids is 1. The van der Waals surface area contributed by atoms with Gasteiger partial charge in [0.25, 0.3) is 5.56 Å². The van der Waals surface area contributed by atoms with E-state index < -0.39 is 12.0 Å². The van der Waals surface area contributed by atoms with E-state index in [1.54, 1.807) is 36.6 Å². The maximum absolute atomic E-state index is 14.1. The molecule has 0 aliphatic carbocycles. The predicted octanol–water partition coefficient (Wildman–Crippen LogP) is 7.97. The third-order valence-corrected chi connectivity index (χ3v) is 9.74. The van der Waals surface area contributed by atoms with Crippen LogP contribution in [0, 0.1) is 0 Å². The molecule has 1 atom stereocenters. The second kappa shape index (κ2) is 14.6. The van der Waals surface area contributed by atoms with E-state index in [0.29, 0.717) is 59.1 Å². The standard InChI is InChI=1S/C35H33BrCl2N2O5S/c1-6-43-28-16-22(14-25(36)32(28)45-18-21-8-13-26(37)27(38)15-21)17-29-33(41)40-31(24-11-9-23(10-12-24)19(3)4)30(34(42)44-7-2)20(5)39-35(40)46-29/h8-17,19,31H,6-7,18H2,1-5H3/b29-17-/t31-/m0/s1. The molecule has 1 aromatic heterocycles. The Balaban J connectivity index is 1.57. The normalized spacial score (nSPS) is 14.7. The third kappa shape index (κ3) is 7.13. The molecule has 0 radical (unpaired) electrons. The molecular weight excluding hydrogens is 711 g/mol. The highest BCUT2D eigenvalue weighted by Crippen LogP contribution is 2.38. The van der Waals surface area contributed by atoms with Crippen molar-refractivity contribution < 1.29 is 19.0 Å². The Kier molecular flexibility index (Phi) is 10.8. The summed E-state index contributed by atoms with van der Waals surface area (Å²) in [6, 6.07) is 16.3. The van der Waals surface area contributed by atoms with E-state index in [0.717, 1.165) is 22.3 Å². The largest absolute Gasteiger partial charge is 0.490 e. The lowest BCUT2D eigenvalue weighted by atomic mass is 9.93. The SMILES string of the molecule is CCOC(=O)C1=C(C)N=c2s/c(=C\c3cc(Br)c(OCc4ccc(Cl)c(Cl)c4)c(OCC)c3)c(=O)n2[C@H]1c1ccc(C(C)C)cc1. The van der Waals surface area contributed by atoms with Gasteiger partial charge < -0.3 is 14.2 Å². The molecule has 0 saturated heterocycles. The van der Waals surface area contributed by atoms with Gasteiger partial charge in [0, 0.05) is 0 Å². The van der Waals surface area contributed by atoms with E-state index in [2.05, 4.69) is 34.8 Å². The molecule has 7 nitrogen and oxygen atoms in total. The molecule has 1 aliphatic rings. The number of fused-ring (bicyclic) bond motifs is 1. The minimum Gasteiger partial charge on any atom is -0.490 e. The smallest absolute Gasteiger partial charge is 0.338 e. The maximum atomic E-state index is 14.1. The zero-order chi connectivity index (χ0) is 33.1. The van der Waals surface area contributed by atoms with Crippen molar-refractivity contribution in [1.29, 1.82) is 0 Å². The van der Waals surface area contributed by atoms with Gasteiger partial charge in [-0.2, -0.15) is 0 Å². The zero-order valence-electron chi connectivity index (χ0n) is 26.0. The van der Waals surface area contributed by atoms with Gasteiger partial charge in [0.2, 0.25) is 0 Å². The molecule has 0 fully saturated rings. The average Bonchev–Trinajstić information content (AvgIpc) is 3.31. The highest BCUT2D eigenvalue weighted by atomic mass is 79.9. The third-order valence-electron chi connectivity index (χ3n) is 7.43. The van der Waals surface area contributed by atoms with Crippen molar-refractivity contribution in [3.63, 3.8) is 0 Å². The number of benzene rings is 3. The molecule has 5 rings (SSSR count).